The Bertz CT molecular complexity index is 1030. The van der Waals surface area contributed by atoms with E-state index in [1.165, 1.54) is 4.90 Å². The molecule has 1 N–H and O–H groups in total. The van der Waals surface area contributed by atoms with E-state index in [0.717, 1.165) is 16.7 Å². The molecule has 2 heterocycles. The normalized spacial score (nSPS) is 20.8. The molecular weight excluding hydrogens is 370 g/mol. The van der Waals surface area contributed by atoms with Crippen molar-refractivity contribution in [3.63, 3.8) is 0 Å². The summed E-state index contributed by atoms with van der Waals surface area (Å²) < 4.78 is 5.30. The second-order valence-corrected chi connectivity index (χ2v) is 7.47. The van der Waals surface area contributed by atoms with Gasteiger partial charge in [-0.2, -0.15) is 5.10 Å². The SMILES string of the molecule is Cc1ccc(N2C(=O)CC3(CC(C(=O)OCc4ccccc4)=NN3)C2=O)cc1C. The first-order chi connectivity index (χ1) is 13.9. The van der Waals surface area contributed by atoms with Gasteiger partial charge >= 0.3 is 5.97 Å². The first-order valence-electron chi connectivity index (χ1n) is 9.39. The molecule has 1 spiro atoms. The van der Waals surface area contributed by atoms with Crippen molar-refractivity contribution in [2.75, 3.05) is 4.90 Å². The summed E-state index contributed by atoms with van der Waals surface area (Å²) in [4.78, 5) is 39.3. The maximum Gasteiger partial charge on any atom is 0.354 e. The van der Waals surface area contributed by atoms with Crippen LogP contribution < -0.4 is 10.3 Å². The molecule has 1 fully saturated rings. The van der Waals surface area contributed by atoms with Crippen LogP contribution in [0.5, 0.6) is 0 Å². The number of hydrogen-bond donors (Lipinski definition) is 1. The van der Waals surface area contributed by atoms with E-state index < -0.39 is 17.4 Å². The smallest absolute Gasteiger partial charge is 0.354 e. The zero-order valence-corrected chi connectivity index (χ0v) is 16.3. The van der Waals surface area contributed by atoms with Crippen molar-refractivity contribution in [1.29, 1.82) is 0 Å². The number of amides is 2. The van der Waals surface area contributed by atoms with E-state index in [4.69, 9.17) is 4.74 Å². The summed E-state index contributed by atoms with van der Waals surface area (Å²) in [5.74, 6) is -1.32. The summed E-state index contributed by atoms with van der Waals surface area (Å²) in [6.07, 6.45) is -0.0374. The van der Waals surface area contributed by atoms with E-state index in [2.05, 4.69) is 10.5 Å². The van der Waals surface area contributed by atoms with Crippen LogP contribution in [0.1, 0.15) is 29.5 Å². The highest BCUT2D eigenvalue weighted by Crippen LogP contribution is 2.35. The van der Waals surface area contributed by atoms with Crippen molar-refractivity contribution in [2.45, 2.75) is 38.8 Å². The highest BCUT2D eigenvalue weighted by molar-refractivity contribution is 6.39. The van der Waals surface area contributed by atoms with Gasteiger partial charge in [-0.25, -0.2) is 9.69 Å². The molecule has 2 aromatic rings. The van der Waals surface area contributed by atoms with Crippen molar-refractivity contribution >= 4 is 29.2 Å². The van der Waals surface area contributed by atoms with E-state index in [0.29, 0.717) is 5.69 Å². The number of benzene rings is 2. The third kappa shape index (κ3) is 3.40. The number of rotatable bonds is 4. The van der Waals surface area contributed by atoms with Crippen LogP contribution in [0, 0.1) is 13.8 Å². The molecule has 1 unspecified atom stereocenters. The van der Waals surface area contributed by atoms with Crippen LogP contribution in [0.25, 0.3) is 0 Å². The van der Waals surface area contributed by atoms with E-state index in [1.807, 2.05) is 56.3 Å². The summed E-state index contributed by atoms with van der Waals surface area (Å²) in [5.41, 5.74) is 5.09. The Kier molecular flexibility index (Phi) is 4.66. The predicted octanol–water partition coefficient (Wildman–Crippen LogP) is 2.40. The van der Waals surface area contributed by atoms with Crippen molar-refractivity contribution in [1.82, 2.24) is 5.43 Å². The standard InChI is InChI=1S/C22H21N3O4/c1-14-8-9-17(10-15(14)2)25-19(26)12-22(21(25)28)11-18(23-24-22)20(27)29-13-16-6-4-3-5-7-16/h3-10,24H,11-13H2,1-2H3. The molecule has 0 aliphatic carbocycles. The maximum atomic E-state index is 13.1. The van der Waals surface area contributed by atoms with Crippen molar-refractivity contribution in [3.05, 3.63) is 65.2 Å². The van der Waals surface area contributed by atoms with Crippen LogP contribution in [0.3, 0.4) is 0 Å². The number of carbonyl (C=O) groups is 3. The molecule has 0 bridgehead atoms. The molecule has 1 saturated heterocycles. The summed E-state index contributed by atoms with van der Waals surface area (Å²) in [5, 5.41) is 4.02. The Morgan fingerprint density at radius 1 is 1.10 bits per heavy atom. The number of carbonyl (C=O) groups excluding carboxylic acids is 3. The molecule has 2 aliphatic rings. The quantitative estimate of drug-likeness (QED) is 0.639. The van der Waals surface area contributed by atoms with Gasteiger partial charge in [0.1, 0.15) is 17.9 Å². The molecule has 0 saturated carbocycles. The lowest BCUT2D eigenvalue weighted by Gasteiger charge is -2.21. The van der Waals surface area contributed by atoms with E-state index in [9.17, 15) is 14.4 Å². The second kappa shape index (κ2) is 7.16. The van der Waals surface area contributed by atoms with Gasteiger partial charge in [-0.1, -0.05) is 36.4 Å². The summed E-state index contributed by atoms with van der Waals surface area (Å²) >= 11 is 0. The highest BCUT2D eigenvalue weighted by atomic mass is 16.5. The zero-order valence-electron chi connectivity index (χ0n) is 16.3. The summed E-state index contributed by atoms with van der Waals surface area (Å²) in [7, 11) is 0. The molecule has 29 heavy (non-hydrogen) atoms. The molecule has 1 atom stereocenters. The maximum absolute atomic E-state index is 13.1. The van der Waals surface area contributed by atoms with Gasteiger partial charge in [-0.3, -0.25) is 15.0 Å². The van der Waals surface area contributed by atoms with Crippen molar-refractivity contribution in [2.24, 2.45) is 5.10 Å². The minimum atomic E-state index is -1.23. The van der Waals surface area contributed by atoms with Gasteiger partial charge in [0.2, 0.25) is 5.91 Å². The molecule has 7 nitrogen and oxygen atoms in total. The second-order valence-electron chi connectivity index (χ2n) is 7.47. The van der Waals surface area contributed by atoms with Crippen LogP contribution in [0.15, 0.2) is 53.6 Å². The Hall–Kier alpha value is -3.48. The number of aryl methyl sites for hydroxylation is 2. The first kappa shape index (κ1) is 18.9. The van der Waals surface area contributed by atoms with E-state index in [-0.39, 0.29) is 31.1 Å². The molecule has 0 radical (unpaired) electrons. The predicted molar refractivity (Wildman–Crippen MR) is 107 cm³/mol. The van der Waals surface area contributed by atoms with E-state index in [1.54, 1.807) is 6.07 Å². The van der Waals surface area contributed by atoms with Crippen molar-refractivity contribution in [3.8, 4) is 0 Å². The fraction of sp³-hybridized carbons (Fsp3) is 0.273. The third-order valence-electron chi connectivity index (χ3n) is 5.39. The van der Waals surface area contributed by atoms with Crippen LogP contribution >= 0.6 is 0 Å². The molecule has 148 valence electrons. The average Bonchev–Trinajstić information content (AvgIpc) is 3.24. The lowest BCUT2D eigenvalue weighted by Crippen LogP contribution is -2.47. The lowest BCUT2D eigenvalue weighted by atomic mass is 9.92. The number of ether oxygens (including phenoxy) is 1. The van der Waals surface area contributed by atoms with Crippen molar-refractivity contribution < 1.29 is 19.1 Å². The minimum Gasteiger partial charge on any atom is -0.456 e. The largest absolute Gasteiger partial charge is 0.456 e. The lowest BCUT2D eigenvalue weighted by molar-refractivity contribution is -0.136. The fourth-order valence-corrected chi connectivity index (χ4v) is 3.56. The number of imide groups is 1. The number of hydrogen-bond acceptors (Lipinski definition) is 6. The average molecular weight is 391 g/mol. The number of nitrogens with one attached hydrogen (secondary N) is 1. The summed E-state index contributed by atoms with van der Waals surface area (Å²) in [6.45, 7) is 4.01. The molecule has 2 aromatic carbocycles. The van der Waals surface area contributed by atoms with Gasteiger partial charge in [0.05, 0.1) is 12.1 Å². The van der Waals surface area contributed by atoms with Crippen LogP contribution in [-0.2, 0) is 25.7 Å². The van der Waals surface area contributed by atoms with Gasteiger partial charge in [0, 0.05) is 6.42 Å². The van der Waals surface area contributed by atoms with Gasteiger partial charge in [-0.05, 0) is 42.7 Å². The molecule has 2 amide bonds. The van der Waals surface area contributed by atoms with Crippen LogP contribution in [0.4, 0.5) is 5.69 Å². The number of hydrazone groups is 1. The Morgan fingerprint density at radius 3 is 2.59 bits per heavy atom. The highest BCUT2D eigenvalue weighted by Gasteiger charge is 2.56. The van der Waals surface area contributed by atoms with Crippen LogP contribution in [-0.4, -0.2) is 29.0 Å². The first-order valence-corrected chi connectivity index (χ1v) is 9.39. The van der Waals surface area contributed by atoms with Crippen LogP contribution in [0.2, 0.25) is 0 Å². The minimum absolute atomic E-state index is 0.0204. The van der Waals surface area contributed by atoms with Gasteiger partial charge in [0.25, 0.3) is 5.91 Å². The van der Waals surface area contributed by atoms with E-state index >= 15 is 0 Å². The Labute approximate surface area is 168 Å². The van der Waals surface area contributed by atoms with Gasteiger partial charge in [-0.15, -0.1) is 0 Å². The Morgan fingerprint density at radius 2 is 1.86 bits per heavy atom. The summed E-state index contributed by atoms with van der Waals surface area (Å²) in [6, 6.07) is 14.7. The molecule has 4 rings (SSSR count). The topological polar surface area (TPSA) is 88.1 Å². The number of esters is 1. The molecular formula is C22H21N3O4. The van der Waals surface area contributed by atoms with Gasteiger partial charge < -0.3 is 4.74 Å². The monoisotopic (exact) mass is 391 g/mol. The molecule has 2 aliphatic heterocycles. The number of nitrogens with zero attached hydrogens (tertiary/aromatic N) is 2. The third-order valence-corrected chi connectivity index (χ3v) is 5.39. The van der Waals surface area contributed by atoms with Gasteiger partial charge in [0.15, 0.2) is 0 Å². The number of anilines is 1. The Balaban J connectivity index is 1.46. The zero-order chi connectivity index (χ0) is 20.6. The fourth-order valence-electron chi connectivity index (χ4n) is 3.56. The molecule has 0 aromatic heterocycles. The molecule has 7 heteroatoms.